The molecule has 0 amide bonds. The van der Waals surface area contributed by atoms with E-state index in [0.29, 0.717) is 17.7 Å². The second-order valence-corrected chi connectivity index (χ2v) is 9.61. The molecule has 0 spiro atoms. The van der Waals surface area contributed by atoms with Gasteiger partial charge in [0.15, 0.2) is 9.84 Å². The first kappa shape index (κ1) is 14.5. The molecule has 0 bridgehead atoms. The van der Waals surface area contributed by atoms with Crippen molar-refractivity contribution in [3.8, 4) is 0 Å². The molecule has 6 heteroatoms. The Morgan fingerprint density at radius 3 is 2.65 bits per heavy atom. The third-order valence-corrected chi connectivity index (χ3v) is 7.00. The SMILES string of the molecule is CC(C)c1nc(C2CCS(=O)(=O)C2)sc1CNC1CC1. The van der Waals surface area contributed by atoms with Crippen LogP contribution >= 0.6 is 11.3 Å². The van der Waals surface area contributed by atoms with E-state index in [-0.39, 0.29) is 11.7 Å². The lowest BCUT2D eigenvalue weighted by atomic mass is 10.1. The molecule has 1 saturated heterocycles. The number of nitrogens with zero attached hydrogens (tertiary/aromatic N) is 1. The minimum Gasteiger partial charge on any atom is -0.309 e. The Morgan fingerprint density at radius 2 is 2.10 bits per heavy atom. The number of thiazole rings is 1. The van der Waals surface area contributed by atoms with Crippen LogP contribution in [-0.2, 0) is 16.4 Å². The van der Waals surface area contributed by atoms with Gasteiger partial charge in [0.2, 0.25) is 0 Å². The molecule has 2 fully saturated rings. The molecule has 112 valence electrons. The highest BCUT2D eigenvalue weighted by Crippen LogP contribution is 2.35. The van der Waals surface area contributed by atoms with Gasteiger partial charge in [-0.1, -0.05) is 13.8 Å². The Hall–Kier alpha value is -0.460. The Labute approximate surface area is 124 Å². The average molecular weight is 314 g/mol. The minimum absolute atomic E-state index is 0.122. The molecular formula is C14H22N2O2S2. The predicted molar refractivity (Wildman–Crippen MR) is 82.1 cm³/mol. The van der Waals surface area contributed by atoms with Crippen molar-refractivity contribution in [1.29, 1.82) is 0 Å². The zero-order chi connectivity index (χ0) is 14.3. The van der Waals surface area contributed by atoms with Crippen LogP contribution in [0.15, 0.2) is 0 Å². The van der Waals surface area contributed by atoms with Crippen molar-refractivity contribution in [2.24, 2.45) is 0 Å². The molecule has 1 aliphatic carbocycles. The zero-order valence-corrected chi connectivity index (χ0v) is 13.7. The van der Waals surface area contributed by atoms with Gasteiger partial charge in [0.25, 0.3) is 0 Å². The van der Waals surface area contributed by atoms with Gasteiger partial charge in [-0.05, 0) is 25.2 Å². The van der Waals surface area contributed by atoms with Crippen molar-refractivity contribution in [1.82, 2.24) is 10.3 Å². The Morgan fingerprint density at radius 1 is 1.35 bits per heavy atom. The van der Waals surface area contributed by atoms with Crippen LogP contribution in [0.3, 0.4) is 0 Å². The number of aromatic nitrogens is 1. The summed E-state index contributed by atoms with van der Waals surface area (Å²) in [6.45, 7) is 5.20. The van der Waals surface area contributed by atoms with Gasteiger partial charge in [0.05, 0.1) is 22.2 Å². The van der Waals surface area contributed by atoms with Crippen molar-refractivity contribution in [2.45, 2.75) is 57.5 Å². The summed E-state index contributed by atoms with van der Waals surface area (Å²) >= 11 is 1.72. The van der Waals surface area contributed by atoms with Crippen LogP contribution in [0.5, 0.6) is 0 Å². The third kappa shape index (κ3) is 3.23. The van der Waals surface area contributed by atoms with Gasteiger partial charge in [-0.25, -0.2) is 13.4 Å². The Balaban J connectivity index is 1.79. The van der Waals surface area contributed by atoms with Gasteiger partial charge in [0, 0.05) is 23.4 Å². The van der Waals surface area contributed by atoms with E-state index in [4.69, 9.17) is 4.98 Å². The smallest absolute Gasteiger partial charge is 0.151 e. The van der Waals surface area contributed by atoms with Crippen molar-refractivity contribution >= 4 is 21.2 Å². The second kappa shape index (κ2) is 5.39. The molecule has 2 aliphatic rings. The van der Waals surface area contributed by atoms with Gasteiger partial charge >= 0.3 is 0 Å². The van der Waals surface area contributed by atoms with Gasteiger partial charge in [-0.2, -0.15) is 0 Å². The van der Waals surface area contributed by atoms with Crippen LogP contribution in [0.1, 0.15) is 60.5 Å². The molecule has 1 atom stereocenters. The van der Waals surface area contributed by atoms with E-state index >= 15 is 0 Å². The number of sulfone groups is 1. The molecular weight excluding hydrogens is 292 g/mol. The third-order valence-electron chi connectivity index (χ3n) is 4.00. The average Bonchev–Trinajstić information content (AvgIpc) is 2.98. The van der Waals surface area contributed by atoms with Gasteiger partial charge in [0.1, 0.15) is 0 Å². The molecule has 1 unspecified atom stereocenters. The summed E-state index contributed by atoms with van der Waals surface area (Å²) in [5.74, 6) is 1.13. The fourth-order valence-electron chi connectivity index (χ4n) is 2.65. The fraction of sp³-hybridized carbons (Fsp3) is 0.786. The topological polar surface area (TPSA) is 59.1 Å². The molecule has 2 heterocycles. The summed E-state index contributed by atoms with van der Waals surface area (Å²) in [5, 5.41) is 4.57. The number of rotatable bonds is 5. The molecule has 0 aromatic carbocycles. The van der Waals surface area contributed by atoms with E-state index in [1.54, 1.807) is 11.3 Å². The molecule has 1 aromatic rings. The van der Waals surface area contributed by atoms with E-state index < -0.39 is 9.84 Å². The maximum Gasteiger partial charge on any atom is 0.151 e. The zero-order valence-electron chi connectivity index (χ0n) is 12.1. The lowest BCUT2D eigenvalue weighted by molar-refractivity contribution is 0.601. The van der Waals surface area contributed by atoms with Crippen LogP contribution in [0, 0.1) is 0 Å². The largest absolute Gasteiger partial charge is 0.309 e. The first-order valence-electron chi connectivity index (χ1n) is 7.38. The highest BCUT2D eigenvalue weighted by molar-refractivity contribution is 7.91. The predicted octanol–water partition coefficient (Wildman–Crippen LogP) is 2.42. The van der Waals surface area contributed by atoms with Crippen molar-refractivity contribution in [3.05, 3.63) is 15.6 Å². The summed E-state index contributed by atoms with van der Waals surface area (Å²) in [6.07, 6.45) is 3.30. The first-order chi connectivity index (χ1) is 9.44. The minimum atomic E-state index is -2.83. The van der Waals surface area contributed by atoms with Crippen LogP contribution in [0.2, 0.25) is 0 Å². The lowest BCUT2D eigenvalue weighted by Crippen LogP contribution is -2.15. The van der Waals surface area contributed by atoms with E-state index in [1.807, 2.05) is 0 Å². The molecule has 20 heavy (non-hydrogen) atoms. The van der Waals surface area contributed by atoms with E-state index in [0.717, 1.165) is 23.7 Å². The van der Waals surface area contributed by atoms with E-state index in [1.165, 1.54) is 17.7 Å². The molecule has 1 aromatic heterocycles. The summed E-state index contributed by atoms with van der Waals surface area (Å²) in [6, 6.07) is 0.687. The first-order valence-corrected chi connectivity index (χ1v) is 10.0. The van der Waals surface area contributed by atoms with Crippen molar-refractivity contribution in [2.75, 3.05) is 11.5 Å². The van der Waals surface area contributed by atoms with Gasteiger partial charge in [-0.15, -0.1) is 11.3 Å². The van der Waals surface area contributed by atoms with E-state index in [2.05, 4.69) is 19.2 Å². The van der Waals surface area contributed by atoms with Crippen molar-refractivity contribution < 1.29 is 8.42 Å². The molecule has 1 aliphatic heterocycles. The highest BCUT2D eigenvalue weighted by atomic mass is 32.2. The number of nitrogens with one attached hydrogen (secondary N) is 1. The second-order valence-electron chi connectivity index (χ2n) is 6.27. The number of hydrogen-bond acceptors (Lipinski definition) is 5. The summed E-state index contributed by atoms with van der Waals surface area (Å²) in [7, 11) is -2.83. The summed E-state index contributed by atoms with van der Waals surface area (Å²) in [4.78, 5) is 6.07. The maximum absolute atomic E-state index is 11.6. The normalized spacial score (nSPS) is 25.4. The monoisotopic (exact) mass is 314 g/mol. The van der Waals surface area contributed by atoms with E-state index in [9.17, 15) is 8.42 Å². The Kier molecular flexibility index (Phi) is 3.90. The molecule has 1 saturated carbocycles. The quantitative estimate of drug-likeness (QED) is 0.907. The van der Waals surface area contributed by atoms with Gasteiger partial charge in [-0.3, -0.25) is 0 Å². The summed E-state index contributed by atoms with van der Waals surface area (Å²) in [5.41, 5.74) is 1.16. The molecule has 3 rings (SSSR count). The van der Waals surface area contributed by atoms with Crippen LogP contribution in [0.4, 0.5) is 0 Å². The van der Waals surface area contributed by atoms with Crippen LogP contribution in [-0.4, -0.2) is 30.9 Å². The highest BCUT2D eigenvalue weighted by Gasteiger charge is 2.32. The molecule has 1 N–H and O–H groups in total. The van der Waals surface area contributed by atoms with Gasteiger partial charge < -0.3 is 5.32 Å². The lowest BCUT2D eigenvalue weighted by Gasteiger charge is -2.05. The van der Waals surface area contributed by atoms with Crippen molar-refractivity contribution in [3.63, 3.8) is 0 Å². The number of hydrogen-bond donors (Lipinski definition) is 1. The van der Waals surface area contributed by atoms with Crippen LogP contribution < -0.4 is 5.32 Å². The fourth-order valence-corrected chi connectivity index (χ4v) is 5.81. The summed E-state index contributed by atoms with van der Waals surface area (Å²) < 4.78 is 23.3. The maximum atomic E-state index is 11.6. The Bertz CT molecular complexity index is 588. The van der Waals surface area contributed by atoms with Crippen LogP contribution in [0.25, 0.3) is 0 Å². The molecule has 4 nitrogen and oxygen atoms in total. The molecule has 0 radical (unpaired) electrons. The standard InChI is InChI=1S/C14H22N2O2S2/c1-9(2)13-12(7-15-11-3-4-11)19-14(16-13)10-5-6-20(17,18)8-10/h9-11,15H,3-8H2,1-2H3.